The van der Waals surface area contributed by atoms with Crippen molar-refractivity contribution in [2.24, 2.45) is 11.7 Å². The Kier molecular flexibility index (Phi) is 9.19. The zero-order valence-corrected chi connectivity index (χ0v) is 13.5. The van der Waals surface area contributed by atoms with Crippen molar-refractivity contribution in [2.75, 3.05) is 18.1 Å². The number of sulfone groups is 1. The number of primary amides is 1. The average molecular weight is 322 g/mol. The molecule has 0 aliphatic heterocycles. The van der Waals surface area contributed by atoms with Gasteiger partial charge in [0.05, 0.1) is 17.4 Å². The van der Waals surface area contributed by atoms with Gasteiger partial charge in [0.2, 0.25) is 5.91 Å². The standard InChI is InChI=1S/C13H26N2O5S/c1-10(13(17)18)4-3-5-11(2)15-7-9-21(19,20)8-6-12(14)16/h10-11,15H,3-9H2,1-2H3,(H2,14,16)(H,17,18). The lowest BCUT2D eigenvalue weighted by atomic mass is 10.0. The van der Waals surface area contributed by atoms with Gasteiger partial charge in [0.25, 0.3) is 0 Å². The third kappa shape index (κ3) is 11.2. The third-order valence-corrected chi connectivity index (χ3v) is 4.91. The number of carbonyl (C=O) groups is 2. The van der Waals surface area contributed by atoms with Crippen LogP contribution in [0.4, 0.5) is 0 Å². The number of nitrogens with two attached hydrogens (primary N) is 1. The molecule has 124 valence electrons. The SMILES string of the molecule is CC(CCCC(C)C(=O)O)NCCS(=O)(=O)CCC(N)=O. The van der Waals surface area contributed by atoms with Crippen LogP contribution in [0.3, 0.4) is 0 Å². The quantitative estimate of drug-likeness (QED) is 0.469. The molecule has 2 unspecified atom stereocenters. The predicted octanol–water partition coefficient (Wildman–Crippen LogP) is 0.146. The molecule has 0 heterocycles. The van der Waals surface area contributed by atoms with Gasteiger partial charge in [0.15, 0.2) is 9.84 Å². The number of amides is 1. The second-order valence-electron chi connectivity index (χ2n) is 5.39. The first kappa shape index (κ1) is 19.9. The summed E-state index contributed by atoms with van der Waals surface area (Å²) < 4.78 is 23.2. The van der Waals surface area contributed by atoms with Crippen LogP contribution in [-0.2, 0) is 19.4 Å². The van der Waals surface area contributed by atoms with Gasteiger partial charge in [-0.1, -0.05) is 13.3 Å². The number of hydrogen-bond acceptors (Lipinski definition) is 5. The first-order valence-electron chi connectivity index (χ1n) is 7.09. The van der Waals surface area contributed by atoms with Crippen LogP contribution < -0.4 is 11.1 Å². The molecule has 0 saturated heterocycles. The van der Waals surface area contributed by atoms with Gasteiger partial charge in [0, 0.05) is 19.0 Å². The third-order valence-electron chi connectivity index (χ3n) is 3.26. The maximum atomic E-state index is 11.6. The van der Waals surface area contributed by atoms with E-state index in [1.54, 1.807) is 6.92 Å². The highest BCUT2D eigenvalue weighted by Gasteiger charge is 2.14. The Hall–Kier alpha value is -1.15. The molecular weight excluding hydrogens is 296 g/mol. The summed E-state index contributed by atoms with van der Waals surface area (Å²) in [7, 11) is -3.26. The lowest BCUT2D eigenvalue weighted by Gasteiger charge is -2.14. The number of carbonyl (C=O) groups excluding carboxylic acids is 1. The molecule has 0 rings (SSSR count). The molecule has 0 aromatic carbocycles. The maximum absolute atomic E-state index is 11.6. The molecule has 0 aliphatic carbocycles. The highest BCUT2D eigenvalue weighted by molar-refractivity contribution is 7.91. The van der Waals surface area contributed by atoms with E-state index in [1.807, 2.05) is 6.92 Å². The summed E-state index contributed by atoms with van der Waals surface area (Å²) in [5.74, 6) is -2.01. The number of carboxylic acid groups (broad SMARTS) is 1. The minimum absolute atomic E-state index is 0.0316. The summed E-state index contributed by atoms with van der Waals surface area (Å²) in [6, 6.07) is 0.123. The van der Waals surface area contributed by atoms with Crippen molar-refractivity contribution in [3.8, 4) is 0 Å². The van der Waals surface area contributed by atoms with E-state index in [0.29, 0.717) is 13.0 Å². The molecule has 2 atom stereocenters. The largest absolute Gasteiger partial charge is 0.481 e. The van der Waals surface area contributed by atoms with Crippen LogP contribution in [-0.4, -0.2) is 49.5 Å². The predicted molar refractivity (Wildman–Crippen MR) is 80.6 cm³/mol. The van der Waals surface area contributed by atoms with Crippen molar-refractivity contribution in [1.82, 2.24) is 5.32 Å². The Labute approximate surface area is 126 Å². The lowest BCUT2D eigenvalue weighted by molar-refractivity contribution is -0.141. The van der Waals surface area contributed by atoms with Gasteiger partial charge in [-0.3, -0.25) is 9.59 Å². The van der Waals surface area contributed by atoms with Gasteiger partial charge in [-0.25, -0.2) is 8.42 Å². The molecule has 0 radical (unpaired) electrons. The topological polar surface area (TPSA) is 127 Å². The summed E-state index contributed by atoms with van der Waals surface area (Å²) in [6.45, 7) is 3.92. The molecule has 0 fully saturated rings. The van der Waals surface area contributed by atoms with Crippen molar-refractivity contribution in [1.29, 1.82) is 0 Å². The minimum Gasteiger partial charge on any atom is -0.481 e. The van der Waals surface area contributed by atoms with Gasteiger partial charge >= 0.3 is 5.97 Å². The highest BCUT2D eigenvalue weighted by Crippen LogP contribution is 2.09. The van der Waals surface area contributed by atoms with Gasteiger partial charge in [0.1, 0.15) is 0 Å². The van der Waals surface area contributed by atoms with E-state index < -0.39 is 21.7 Å². The summed E-state index contributed by atoms with van der Waals surface area (Å²) >= 11 is 0. The highest BCUT2D eigenvalue weighted by atomic mass is 32.2. The van der Waals surface area contributed by atoms with E-state index in [-0.39, 0.29) is 29.9 Å². The zero-order valence-electron chi connectivity index (χ0n) is 12.7. The molecule has 0 aromatic heterocycles. The molecular formula is C13H26N2O5S. The molecule has 0 saturated carbocycles. The minimum atomic E-state index is -3.26. The van der Waals surface area contributed by atoms with Crippen LogP contribution in [0, 0.1) is 5.92 Å². The Bertz CT molecular complexity index is 436. The molecule has 0 bridgehead atoms. The van der Waals surface area contributed by atoms with Crippen LogP contribution in [0.25, 0.3) is 0 Å². The summed E-state index contributed by atoms with van der Waals surface area (Å²) in [4.78, 5) is 21.2. The first-order valence-corrected chi connectivity index (χ1v) is 8.91. The molecule has 0 spiro atoms. The summed E-state index contributed by atoms with van der Waals surface area (Å²) in [5.41, 5.74) is 4.92. The fraction of sp³-hybridized carbons (Fsp3) is 0.846. The Morgan fingerprint density at radius 2 is 1.81 bits per heavy atom. The van der Waals surface area contributed by atoms with Crippen molar-refractivity contribution < 1.29 is 23.1 Å². The van der Waals surface area contributed by atoms with E-state index in [9.17, 15) is 18.0 Å². The Morgan fingerprint density at radius 3 is 2.33 bits per heavy atom. The first-order chi connectivity index (χ1) is 9.64. The van der Waals surface area contributed by atoms with Crippen molar-refractivity contribution in [2.45, 2.75) is 45.6 Å². The fourth-order valence-corrected chi connectivity index (χ4v) is 2.92. The summed E-state index contributed by atoms with van der Waals surface area (Å²) in [5, 5.41) is 11.8. The smallest absolute Gasteiger partial charge is 0.306 e. The second kappa shape index (κ2) is 9.73. The number of nitrogens with one attached hydrogen (secondary N) is 1. The van der Waals surface area contributed by atoms with Gasteiger partial charge in [-0.15, -0.1) is 0 Å². The number of hydrogen-bond donors (Lipinski definition) is 3. The fourth-order valence-electron chi connectivity index (χ4n) is 1.77. The molecule has 4 N–H and O–H groups in total. The van der Waals surface area contributed by atoms with Gasteiger partial charge < -0.3 is 16.2 Å². The summed E-state index contributed by atoms with van der Waals surface area (Å²) in [6.07, 6.45) is 2.03. The number of aliphatic carboxylic acids is 1. The Morgan fingerprint density at radius 1 is 1.19 bits per heavy atom. The van der Waals surface area contributed by atoms with E-state index >= 15 is 0 Å². The molecule has 0 aromatic rings. The lowest BCUT2D eigenvalue weighted by Crippen LogP contribution is -2.32. The molecule has 8 heteroatoms. The Balaban J connectivity index is 3.81. The van der Waals surface area contributed by atoms with Gasteiger partial charge in [-0.2, -0.15) is 0 Å². The monoisotopic (exact) mass is 322 g/mol. The molecule has 1 amide bonds. The van der Waals surface area contributed by atoms with E-state index in [4.69, 9.17) is 10.8 Å². The van der Waals surface area contributed by atoms with E-state index in [0.717, 1.165) is 12.8 Å². The van der Waals surface area contributed by atoms with Crippen LogP contribution in [0.5, 0.6) is 0 Å². The van der Waals surface area contributed by atoms with Crippen molar-refractivity contribution in [3.63, 3.8) is 0 Å². The van der Waals surface area contributed by atoms with Gasteiger partial charge in [-0.05, 0) is 19.8 Å². The van der Waals surface area contributed by atoms with Crippen LogP contribution in [0.1, 0.15) is 39.5 Å². The van der Waals surface area contributed by atoms with Crippen LogP contribution in [0.15, 0.2) is 0 Å². The zero-order chi connectivity index (χ0) is 16.5. The molecule has 21 heavy (non-hydrogen) atoms. The number of carboxylic acids is 1. The second-order valence-corrected chi connectivity index (χ2v) is 7.70. The average Bonchev–Trinajstić information content (AvgIpc) is 2.36. The number of rotatable bonds is 12. The van der Waals surface area contributed by atoms with Crippen molar-refractivity contribution in [3.05, 3.63) is 0 Å². The van der Waals surface area contributed by atoms with Crippen LogP contribution in [0.2, 0.25) is 0 Å². The molecule has 7 nitrogen and oxygen atoms in total. The van der Waals surface area contributed by atoms with E-state index in [1.165, 1.54) is 0 Å². The normalized spacial score (nSPS) is 14.6. The molecule has 0 aliphatic rings. The van der Waals surface area contributed by atoms with E-state index in [2.05, 4.69) is 5.32 Å². The van der Waals surface area contributed by atoms with Crippen LogP contribution >= 0.6 is 0 Å². The maximum Gasteiger partial charge on any atom is 0.306 e. The van der Waals surface area contributed by atoms with Crippen molar-refractivity contribution >= 4 is 21.7 Å².